The summed E-state index contributed by atoms with van der Waals surface area (Å²) >= 11 is 15.1. The minimum Gasteiger partial charge on any atom is -0.397 e. The molecular weight excluding hydrogens is 349 g/mol. The van der Waals surface area contributed by atoms with E-state index in [1.54, 1.807) is 24.3 Å². The number of hydrogen-bond donors (Lipinski definition) is 2. The van der Waals surface area contributed by atoms with Crippen LogP contribution in [0.4, 0.5) is 17.1 Å². The first-order chi connectivity index (χ1) is 9.01. The van der Waals surface area contributed by atoms with Crippen molar-refractivity contribution in [2.24, 2.45) is 0 Å². The van der Waals surface area contributed by atoms with E-state index in [1.807, 2.05) is 6.07 Å². The van der Waals surface area contributed by atoms with Crippen LogP contribution < -0.4 is 11.1 Å². The topological polar surface area (TPSA) is 61.8 Å². The zero-order valence-electron chi connectivity index (χ0n) is 9.55. The first kappa shape index (κ1) is 14.0. The number of nitrogens with two attached hydrogens (primary N) is 1. The van der Waals surface area contributed by atoms with E-state index in [0.29, 0.717) is 32.7 Å². The molecule has 96 valence electrons. The fraction of sp³-hybridized carbons (Fsp3) is 0. The molecule has 6 heteroatoms. The maximum atomic E-state index is 9.10. The molecule has 0 fully saturated rings. The largest absolute Gasteiger partial charge is 0.397 e. The van der Waals surface area contributed by atoms with Gasteiger partial charge >= 0.3 is 0 Å². The molecule has 0 unspecified atom stereocenters. The van der Waals surface area contributed by atoms with Crippen LogP contribution in [0.25, 0.3) is 0 Å². The highest BCUT2D eigenvalue weighted by atomic mass is 79.9. The smallest absolute Gasteiger partial charge is 0.101 e. The van der Waals surface area contributed by atoms with Gasteiger partial charge in [0.15, 0.2) is 0 Å². The molecule has 0 saturated heterocycles. The molecule has 0 heterocycles. The molecule has 0 spiro atoms. The third-order valence-electron chi connectivity index (χ3n) is 2.46. The average Bonchev–Trinajstić information content (AvgIpc) is 2.37. The van der Waals surface area contributed by atoms with Crippen molar-refractivity contribution in [1.82, 2.24) is 0 Å². The van der Waals surface area contributed by atoms with Crippen LogP contribution >= 0.6 is 39.1 Å². The van der Waals surface area contributed by atoms with Crippen LogP contribution in [0.5, 0.6) is 0 Å². The Hall–Kier alpha value is -1.41. The van der Waals surface area contributed by atoms with Gasteiger partial charge in [-0.2, -0.15) is 5.26 Å². The monoisotopic (exact) mass is 355 g/mol. The Labute approximate surface area is 129 Å². The second-order valence-corrected chi connectivity index (χ2v) is 5.51. The van der Waals surface area contributed by atoms with E-state index in [1.165, 1.54) is 0 Å². The molecule has 2 rings (SSSR count). The molecule has 0 aliphatic carbocycles. The molecule has 2 aromatic carbocycles. The molecule has 2 aromatic rings. The number of nitrogens with zero attached hydrogens (tertiary/aromatic N) is 1. The lowest BCUT2D eigenvalue weighted by atomic mass is 10.2. The summed E-state index contributed by atoms with van der Waals surface area (Å²) in [6.07, 6.45) is 0. The summed E-state index contributed by atoms with van der Waals surface area (Å²) < 4.78 is 0.830. The molecule has 19 heavy (non-hydrogen) atoms. The number of nitriles is 1. The SMILES string of the molecule is N#Cc1cc(Br)ccc1Nc1cc(Cl)c(Cl)cc1N. The van der Waals surface area contributed by atoms with E-state index in [9.17, 15) is 0 Å². The quantitative estimate of drug-likeness (QED) is 0.748. The summed E-state index contributed by atoms with van der Waals surface area (Å²) in [5, 5.41) is 13.0. The van der Waals surface area contributed by atoms with Crippen LogP contribution in [0, 0.1) is 11.3 Å². The number of anilines is 3. The van der Waals surface area contributed by atoms with Crippen LogP contribution in [-0.2, 0) is 0 Å². The predicted molar refractivity (Wildman–Crippen MR) is 83.0 cm³/mol. The van der Waals surface area contributed by atoms with Gasteiger partial charge in [-0.05, 0) is 30.3 Å². The fourth-order valence-electron chi connectivity index (χ4n) is 1.53. The van der Waals surface area contributed by atoms with Crippen molar-refractivity contribution in [3.63, 3.8) is 0 Å². The number of rotatable bonds is 2. The van der Waals surface area contributed by atoms with Crippen LogP contribution in [0.15, 0.2) is 34.8 Å². The fourth-order valence-corrected chi connectivity index (χ4v) is 2.23. The van der Waals surface area contributed by atoms with Crippen LogP contribution in [0.1, 0.15) is 5.56 Å². The predicted octanol–water partition coefficient (Wildman–Crippen LogP) is 4.95. The third kappa shape index (κ3) is 3.13. The van der Waals surface area contributed by atoms with Gasteiger partial charge in [0.25, 0.3) is 0 Å². The summed E-state index contributed by atoms with van der Waals surface area (Å²) in [6, 6.07) is 10.6. The van der Waals surface area contributed by atoms with Crippen molar-refractivity contribution >= 4 is 56.2 Å². The molecule has 0 radical (unpaired) electrons. The van der Waals surface area contributed by atoms with E-state index in [4.69, 9.17) is 34.2 Å². The standard InChI is InChI=1S/C13H8BrCl2N3/c14-8-1-2-12(7(3-8)6-17)19-13-5-10(16)9(15)4-11(13)18/h1-5,19H,18H2. The maximum Gasteiger partial charge on any atom is 0.101 e. The Morgan fingerprint density at radius 1 is 1.11 bits per heavy atom. The lowest BCUT2D eigenvalue weighted by molar-refractivity contribution is 1.45. The van der Waals surface area contributed by atoms with Gasteiger partial charge in [-0.1, -0.05) is 39.1 Å². The Morgan fingerprint density at radius 3 is 2.47 bits per heavy atom. The van der Waals surface area contributed by atoms with Crippen molar-refractivity contribution < 1.29 is 0 Å². The van der Waals surface area contributed by atoms with Gasteiger partial charge in [-0.15, -0.1) is 0 Å². The van der Waals surface area contributed by atoms with Crippen LogP contribution in [0.3, 0.4) is 0 Å². The molecular formula is C13H8BrCl2N3. The molecule has 0 bridgehead atoms. The van der Waals surface area contributed by atoms with Gasteiger partial charge in [0.2, 0.25) is 0 Å². The minimum atomic E-state index is 0.390. The second kappa shape index (κ2) is 5.70. The molecule has 0 amide bonds. The number of nitrogens with one attached hydrogen (secondary N) is 1. The van der Waals surface area contributed by atoms with Crippen molar-refractivity contribution in [1.29, 1.82) is 5.26 Å². The normalized spacial score (nSPS) is 10.0. The van der Waals surface area contributed by atoms with Crippen molar-refractivity contribution in [3.05, 3.63) is 50.4 Å². The molecule has 0 aromatic heterocycles. The van der Waals surface area contributed by atoms with Gasteiger partial charge in [0, 0.05) is 4.47 Å². The highest BCUT2D eigenvalue weighted by molar-refractivity contribution is 9.10. The van der Waals surface area contributed by atoms with Gasteiger partial charge in [0.05, 0.1) is 32.7 Å². The zero-order valence-corrected chi connectivity index (χ0v) is 12.6. The number of hydrogen-bond acceptors (Lipinski definition) is 3. The van der Waals surface area contributed by atoms with Crippen molar-refractivity contribution in [2.45, 2.75) is 0 Å². The first-order valence-electron chi connectivity index (χ1n) is 5.22. The summed E-state index contributed by atoms with van der Waals surface area (Å²) in [7, 11) is 0. The maximum absolute atomic E-state index is 9.10. The van der Waals surface area contributed by atoms with Crippen LogP contribution in [-0.4, -0.2) is 0 Å². The number of halogens is 3. The Balaban J connectivity index is 2.42. The lowest BCUT2D eigenvalue weighted by Gasteiger charge is -2.12. The van der Waals surface area contributed by atoms with Crippen LogP contribution in [0.2, 0.25) is 10.0 Å². The van der Waals surface area contributed by atoms with E-state index in [0.717, 1.165) is 4.47 Å². The number of benzene rings is 2. The van der Waals surface area contributed by atoms with E-state index < -0.39 is 0 Å². The van der Waals surface area contributed by atoms with Crippen molar-refractivity contribution in [3.8, 4) is 6.07 Å². The highest BCUT2D eigenvalue weighted by Crippen LogP contribution is 2.33. The molecule has 0 aliphatic heterocycles. The van der Waals surface area contributed by atoms with E-state index in [-0.39, 0.29) is 0 Å². The highest BCUT2D eigenvalue weighted by Gasteiger charge is 2.08. The molecule has 3 N–H and O–H groups in total. The molecule has 0 atom stereocenters. The average molecular weight is 357 g/mol. The Morgan fingerprint density at radius 2 is 1.79 bits per heavy atom. The summed E-state index contributed by atoms with van der Waals surface area (Å²) in [6.45, 7) is 0. The van der Waals surface area contributed by atoms with Gasteiger partial charge < -0.3 is 11.1 Å². The minimum absolute atomic E-state index is 0.390. The second-order valence-electron chi connectivity index (χ2n) is 3.78. The summed E-state index contributed by atoms with van der Waals surface area (Å²) in [4.78, 5) is 0. The van der Waals surface area contributed by atoms with E-state index >= 15 is 0 Å². The van der Waals surface area contributed by atoms with Crippen molar-refractivity contribution in [2.75, 3.05) is 11.1 Å². The molecule has 0 saturated carbocycles. The van der Waals surface area contributed by atoms with E-state index in [2.05, 4.69) is 27.3 Å². The molecule has 3 nitrogen and oxygen atoms in total. The summed E-state index contributed by atoms with van der Waals surface area (Å²) in [5.74, 6) is 0. The first-order valence-corrected chi connectivity index (χ1v) is 6.77. The number of nitrogen functional groups attached to an aromatic ring is 1. The zero-order chi connectivity index (χ0) is 14.0. The van der Waals surface area contributed by atoms with Gasteiger partial charge in [-0.25, -0.2) is 0 Å². The third-order valence-corrected chi connectivity index (χ3v) is 3.68. The Bertz CT molecular complexity index is 680. The lowest BCUT2D eigenvalue weighted by Crippen LogP contribution is -1.98. The summed E-state index contributed by atoms with van der Waals surface area (Å²) in [5.41, 5.74) is 8.07. The van der Waals surface area contributed by atoms with Gasteiger partial charge in [-0.3, -0.25) is 0 Å². The van der Waals surface area contributed by atoms with Gasteiger partial charge in [0.1, 0.15) is 6.07 Å². The molecule has 0 aliphatic rings. The Kier molecular flexibility index (Phi) is 4.20.